The van der Waals surface area contributed by atoms with Crippen molar-refractivity contribution in [2.75, 3.05) is 5.32 Å². The average Bonchev–Trinajstić information content (AvgIpc) is 2.61. The van der Waals surface area contributed by atoms with Crippen molar-refractivity contribution >= 4 is 23.5 Å². The summed E-state index contributed by atoms with van der Waals surface area (Å²) in [6, 6.07) is 13.5. The van der Waals surface area contributed by atoms with Gasteiger partial charge in [0.05, 0.1) is 0 Å². The lowest BCUT2D eigenvalue weighted by molar-refractivity contribution is -0.154. The van der Waals surface area contributed by atoms with Crippen LogP contribution >= 0.6 is 0 Å². The third kappa shape index (κ3) is 5.95. The van der Waals surface area contributed by atoms with Gasteiger partial charge in [-0.2, -0.15) is 0 Å². The van der Waals surface area contributed by atoms with Crippen molar-refractivity contribution in [2.24, 2.45) is 0 Å². The maximum absolute atomic E-state index is 12.2. The number of nitrogens with one attached hydrogen (secondary N) is 2. The van der Waals surface area contributed by atoms with Gasteiger partial charge in [-0.3, -0.25) is 9.59 Å². The normalized spacial score (nSPS) is 12.6. The van der Waals surface area contributed by atoms with Gasteiger partial charge >= 0.3 is 5.97 Å². The first-order chi connectivity index (χ1) is 12.8. The smallest absolute Gasteiger partial charge is 0.329 e. The van der Waals surface area contributed by atoms with Gasteiger partial charge in [0, 0.05) is 11.3 Å². The standard InChI is InChI=1S/C21H24N2O4/c1-13-7-5-9-17(11-13)20(25)22-15(3)21(26)27-16(4)19(24)23-18-10-6-8-14(2)12-18/h5-12,15-16H,1-4H3,(H,22,25)(H,23,24)/t15-,16+/m0/s1. The molecule has 0 unspecified atom stereocenters. The lowest BCUT2D eigenvalue weighted by atomic mass is 10.1. The van der Waals surface area contributed by atoms with E-state index in [-0.39, 0.29) is 5.91 Å². The third-order valence-corrected chi connectivity index (χ3v) is 3.93. The second-order valence-corrected chi connectivity index (χ2v) is 6.50. The largest absolute Gasteiger partial charge is 0.451 e. The predicted molar refractivity (Wildman–Crippen MR) is 103 cm³/mol. The molecule has 0 aliphatic rings. The molecular formula is C21H24N2O4. The van der Waals surface area contributed by atoms with Crippen LogP contribution in [0.2, 0.25) is 0 Å². The van der Waals surface area contributed by atoms with E-state index in [2.05, 4.69) is 10.6 Å². The van der Waals surface area contributed by atoms with E-state index < -0.39 is 24.0 Å². The fraction of sp³-hybridized carbons (Fsp3) is 0.286. The maximum atomic E-state index is 12.2. The topological polar surface area (TPSA) is 84.5 Å². The quantitative estimate of drug-likeness (QED) is 0.768. The van der Waals surface area contributed by atoms with Crippen LogP contribution in [0.3, 0.4) is 0 Å². The van der Waals surface area contributed by atoms with Gasteiger partial charge in [-0.15, -0.1) is 0 Å². The number of carbonyl (C=O) groups is 3. The monoisotopic (exact) mass is 368 g/mol. The molecule has 2 aromatic carbocycles. The highest BCUT2D eigenvalue weighted by Crippen LogP contribution is 2.11. The summed E-state index contributed by atoms with van der Waals surface area (Å²) in [7, 11) is 0. The summed E-state index contributed by atoms with van der Waals surface area (Å²) in [5.41, 5.74) is 3.04. The molecule has 0 saturated heterocycles. The van der Waals surface area contributed by atoms with Crippen molar-refractivity contribution in [1.29, 1.82) is 0 Å². The maximum Gasteiger partial charge on any atom is 0.329 e. The lowest BCUT2D eigenvalue weighted by Crippen LogP contribution is -2.42. The van der Waals surface area contributed by atoms with E-state index in [0.717, 1.165) is 11.1 Å². The third-order valence-electron chi connectivity index (χ3n) is 3.93. The van der Waals surface area contributed by atoms with Crippen LogP contribution in [0.1, 0.15) is 35.3 Å². The van der Waals surface area contributed by atoms with Crippen molar-refractivity contribution in [2.45, 2.75) is 39.8 Å². The Kier molecular flexibility index (Phi) is 6.71. The number of carbonyl (C=O) groups excluding carboxylic acids is 3. The predicted octanol–water partition coefficient (Wildman–Crippen LogP) is 2.99. The Morgan fingerprint density at radius 2 is 1.56 bits per heavy atom. The molecule has 142 valence electrons. The Morgan fingerprint density at radius 1 is 0.926 bits per heavy atom. The van der Waals surface area contributed by atoms with Gasteiger partial charge in [0.25, 0.3) is 11.8 Å². The number of rotatable bonds is 6. The highest BCUT2D eigenvalue weighted by Gasteiger charge is 2.23. The summed E-state index contributed by atoms with van der Waals surface area (Å²) in [5.74, 6) is -1.49. The van der Waals surface area contributed by atoms with Crippen molar-refractivity contribution < 1.29 is 19.1 Å². The molecule has 2 atom stereocenters. The fourth-order valence-corrected chi connectivity index (χ4v) is 2.42. The summed E-state index contributed by atoms with van der Waals surface area (Å²) in [4.78, 5) is 36.6. The molecule has 2 rings (SSSR count). The van der Waals surface area contributed by atoms with E-state index in [0.29, 0.717) is 11.3 Å². The number of benzene rings is 2. The van der Waals surface area contributed by atoms with Crippen molar-refractivity contribution in [3.05, 3.63) is 65.2 Å². The number of hydrogen-bond donors (Lipinski definition) is 2. The highest BCUT2D eigenvalue weighted by molar-refractivity contribution is 5.98. The molecule has 6 heteroatoms. The van der Waals surface area contributed by atoms with Crippen molar-refractivity contribution in [1.82, 2.24) is 5.32 Å². The SMILES string of the molecule is Cc1cccc(NC(=O)[C@@H](C)OC(=O)[C@H](C)NC(=O)c2cccc(C)c2)c1. The minimum absolute atomic E-state index is 0.375. The van der Waals surface area contributed by atoms with E-state index in [9.17, 15) is 14.4 Å². The van der Waals surface area contributed by atoms with Gasteiger partial charge in [0.1, 0.15) is 6.04 Å². The molecule has 0 aliphatic heterocycles. The lowest BCUT2D eigenvalue weighted by Gasteiger charge is -2.18. The average molecular weight is 368 g/mol. The summed E-state index contributed by atoms with van der Waals surface area (Å²) in [5, 5.41) is 5.28. The molecule has 0 heterocycles. The van der Waals surface area contributed by atoms with Crippen LogP contribution in [0.25, 0.3) is 0 Å². The molecule has 0 fully saturated rings. The Balaban J connectivity index is 1.89. The van der Waals surface area contributed by atoms with Crippen LogP contribution < -0.4 is 10.6 Å². The van der Waals surface area contributed by atoms with Gasteiger partial charge in [-0.1, -0.05) is 29.8 Å². The number of aryl methyl sites for hydroxylation is 2. The minimum Gasteiger partial charge on any atom is -0.451 e. The summed E-state index contributed by atoms with van der Waals surface area (Å²) < 4.78 is 5.17. The molecule has 0 saturated carbocycles. The second kappa shape index (κ2) is 8.98. The van der Waals surface area contributed by atoms with E-state index in [1.807, 2.05) is 38.1 Å². The molecule has 0 radical (unpaired) electrons. The first-order valence-electron chi connectivity index (χ1n) is 8.72. The zero-order chi connectivity index (χ0) is 20.0. The van der Waals surface area contributed by atoms with E-state index in [1.54, 1.807) is 24.3 Å². The van der Waals surface area contributed by atoms with E-state index in [4.69, 9.17) is 4.74 Å². The molecule has 2 N–H and O–H groups in total. The van der Waals surface area contributed by atoms with Crippen molar-refractivity contribution in [3.63, 3.8) is 0 Å². The number of amides is 2. The molecule has 2 aromatic rings. The van der Waals surface area contributed by atoms with Gasteiger partial charge < -0.3 is 15.4 Å². The molecule has 27 heavy (non-hydrogen) atoms. The first kappa shape index (κ1) is 20.2. The Morgan fingerprint density at radius 3 is 2.19 bits per heavy atom. The molecule has 0 aromatic heterocycles. The number of anilines is 1. The number of esters is 1. The highest BCUT2D eigenvalue weighted by atomic mass is 16.5. The molecule has 0 spiro atoms. The Hall–Kier alpha value is -3.15. The summed E-state index contributed by atoms with van der Waals surface area (Å²) in [6.45, 7) is 6.79. The Labute approximate surface area is 158 Å². The van der Waals surface area contributed by atoms with E-state index in [1.165, 1.54) is 13.8 Å². The zero-order valence-corrected chi connectivity index (χ0v) is 15.9. The molecular weight excluding hydrogens is 344 g/mol. The van der Waals surface area contributed by atoms with Crippen LogP contribution in [0.4, 0.5) is 5.69 Å². The van der Waals surface area contributed by atoms with Gasteiger partial charge in [-0.05, 0) is 57.5 Å². The molecule has 0 bridgehead atoms. The number of ether oxygens (including phenoxy) is 1. The van der Waals surface area contributed by atoms with Crippen LogP contribution in [0, 0.1) is 13.8 Å². The van der Waals surface area contributed by atoms with Crippen LogP contribution in [-0.2, 0) is 14.3 Å². The summed E-state index contributed by atoms with van der Waals surface area (Å²) >= 11 is 0. The minimum atomic E-state index is -0.990. The van der Waals surface area contributed by atoms with Crippen LogP contribution in [-0.4, -0.2) is 29.9 Å². The van der Waals surface area contributed by atoms with Gasteiger partial charge in [0.2, 0.25) is 0 Å². The van der Waals surface area contributed by atoms with E-state index >= 15 is 0 Å². The van der Waals surface area contributed by atoms with Gasteiger partial charge in [0.15, 0.2) is 6.10 Å². The first-order valence-corrected chi connectivity index (χ1v) is 8.72. The van der Waals surface area contributed by atoms with Crippen LogP contribution in [0.5, 0.6) is 0 Å². The molecule has 6 nitrogen and oxygen atoms in total. The second-order valence-electron chi connectivity index (χ2n) is 6.50. The molecule has 0 aliphatic carbocycles. The molecule has 2 amide bonds. The zero-order valence-electron chi connectivity index (χ0n) is 15.9. The summed E-state index contributed by atoms with van der Waals surface area (Å²) in [6.07, 6.45) is -0.990. The fourth-order valence-electron chi connectivity index (χ4n) is 2.42. The number of hydrogen-bond acceptors (Lipinski definition) is 4. The van der Waals surface area contributed by atoms with Gasteiger partial charge in [-0.25, -0.2) is 4.79 Å². The Bertz CT molecular complexity index is 848. The van der Waals surface area contributed by atoms with Crippen molar-refractivity contribution in [3.8, 4) is 0 Å². The van der Waals surface area contributed by atoms with Crippen LogP contribution in [0.15, 0.2) is 48.5 Å².